The number of aromatic nitrogens is 2. The molecule has 0 saturated carbocycles. The molecule has 0 saturated heterocycles. The maximum absolute atomic E-state index is 12.5. The van der Waals surface area contributed by atoms with Crippen LogP contribution >= 0.6 is 0 Å². The summed E-state index contributed by atoms with van der Waals surface area (Å²) in [6.07, 6.45) is 2.58. The Morgan fingerprint density at radius 3 is 2.92 bits per heavy atom. The summed E-state index contributed by atoms with van der Waals surface area (Å²) in [6.45, 7) is 2.52. The Kier molecular flexibility index (Phi) is 4.60. The normalized spacial score (nSPS) is 16.1. The fraction of sp³-hybridized carbons (Fsp3) is 0.353. The molecule has 1 amide bonds. The molecule has 1 aliphatic rings. The van der Waals surface area contributed by atoms with E-state index < -0.39 is 17.2 Å². The lowest BCUT2D eigenvalue weighted by Crippen LogP contribution is -2.36. The first-order valence-corrected chi connectivity index (χ1v) is 8.18. The summed E-state index contributed by atoms with van der Waals surface area (Å²) in [5.74, 6) is 0.226. The van der Waals surface area contributed by atoms with Gasteiger partial charge in [-0.15, -0.1) is 0 Å². The van der Waals surface area contributed by atoms with Gasteiger partial charge in [-0.25, -0.2) is 4.79 Å². The maximum Gasteiger partial charge on any atom is 0.326 e. The van der Waals surface area contributed by atoms with E-state index in [0.29, 0.717) is 6.61 Å². The zero-order chi connectivity index (χ0) is 18.0. The van der Waals surface area contributed by atoms with Gasteiger partial charge in [0, 0.05) is 0 Å². The van der Waals surface area contributed by atoms with Gasteiger partial charge in [0.1, 0.15) is 17.1 Å². The lowest BCUT2D eigenvalue weighted by molar-refractivity contribution is 0.0928. The van der Waals surface area contributed by atoms with Crippen molar-refractivity contribution in [3.05, 3.63) is 55.9 Å². The molecule has 0 bridgehead atoms. The summed E-state index contributed by atoms with van der Waals surface area (Å²) in [4.78, 5) is 39.7. The van der Waals surface area contributed by atoms with E-state index in [-0.39, 0.29) is 17.4 Å². The summed E-state index contributed by atoms with van der Waals surface area (Å²) < 4.78 is 5.52. The highest BCUT2D eigenvalue weighted by Gasteiger charge is 2.24. The summed E-state index contributed by atoms with van der Waals surface area (Å²) in [7, 11) is 0. The van der Waals surface area contributed by atoms with E-state index in [1.165, 1.54) is 0 Å². The first-order valence-electron chi connectivity index (χ1n) is 8.18. The lowest BCUT2D eigenvalue weighted by Gasteiger charge is -2.27. The molecule has 1 heterocycles. The molecule has 25 heavy (non-hydrogen) atoms. The van der Waals surface area contributed by atoms with Crippen LogP contribution in [0.3, 0.4) is 0 Å². The first-order chi connectivity index (χ1) is 12.0. The predicted molar refractivity (Wildman–Crippen MR) is 92.9 cm³/mol. The molecular weight excluding hydrogens is 324 g/mol. The van der Waals surface area contributed by atoms with Crippen LogP contribution in [0.1, 0.15) is 47.4 Å². The number of carbonyl (C=O) groups excluding carboxylic acids is 1. The van der Waals surface area contributed by atoms with Crippen LogP contribution in [-0.2, 0) is 6.42 Å². The number of hydrogen-bond acceptors (Lipinski definition) is 5. The second-order valence-electron chi connectivity index (χ2n) is 5.91. The van der Waals surface area contributed by atoms with Gasteiger partial charge >= 0.3 is 5.69 Å². The highest BCUT2D eigenvalue weighted by molar-refractivity contribution is 5.97. The number of amides is 1. The zero-order valence-electron chi connectivity index (χ0n) is 13.8. The second-order valence-corrected chi connectivity index (χ2v) is 5.91. The number of nitrogens with one attached hydrogen (secondary N) is 3. The van der Waals surface area contributed by atoms with E-state index >= 15 is 0 Å². The average Bonchev–Trinajstić information content (AvgIpc) is 2.58. The SMILES string of the molecule is CCOc1ccc2c(c1)CCCC2NC(=O)c1[nH]c(=O)[nH]c(=O)c1N. The van der Waals surface area contributed by atoms with Gasteiger partial charge < -0.3 is 20.8 Å². The maximum atomic E-state index is 12.5. The Morgan fingerprint density at radius 1 is 1.36 bits per heavy atom. The number of H-pyrrole nitrogens is 2. The van der Waals surface area contributed by atoms with Crippen molar-refractivity contribution in [2.24, 2.45) is 0 Å². The number of fused-ring (bicyclic) bond motifs is 1. The van der Waals surface area contributed by atoms with E-state index in [1.807, 2.05) is 30.1 Å². The minimum atomic E-state index is -0.778. The van der Waals surface area contributed by atoms with Crippen LogP contribution in [0.5, 0.6) is 5.75 Å². The second kappa shape index (κ2) is 6.84. The topological polar surface area (TPSA) is 130 Å². The molecule has 0 radical (unpaired) electrons. The average molecular weight is 344 g/mol. The van der Waals surface area contributed by atoms with Crippen molar-refractivity contribution >= 4 is 11.6 Å². The number of carbonyl (C=O) groups is 1. The third-order valence-electron chi connectivity index (χ3n) is 4.25. The van der Waals surface area contributed by atoms with Crippen LogP contribution in [0, 0.1) is 0 Å². The van der Waals surface area contributed by atoms with Crippen LogP contribution in [0.15, 0.2) is 27.8 Å². The molecule has 0 fully saturated rings. The molecule has 2 aromatic rings. The number of hydrogen-bond donors (Lipinski definition) is 4. The summed E-state index contributed by atoms with van der Waals surface area (Å²) in [6, 6.07) is 5.58. The Hall–Kier alpha value is -3.03. The smallest absolute Gasteiger partial charge is 0.326 e. The number of ether oxygens (including phenoxy) is 1. The number of aromatic amines is 2. The molecular formula is C17H20N4O4. The van der Waals surface area contributed by atoms with Gasteiger partial charge in [-0.2, -0.15) is 0 Å². The largest absolute Gasteiger partial charge is 0.494 e. The highest BCUT2D eigenvalue weighted by Crippen LogP contribution is 2.32. The van der Waals surface area contributed by atoms with Gasteiger partial charge in [-0.1, -0.05) is 6.07 Å². The van der Waals surface area contributed by atoms with E-state index in [2.05, 4.69) is 10.3 Å². The Bertz CT molecular complexity index is 916. The van der Waals surface area contributed by atoms with E-state index in [0.717, 1.165) is 36.1 Å². The molecule has 1 atom stereocenters. The van der Waals surface area contributed by atoms with Crippen molar-refractivity contribution < 1.29 is 9.53 Å². The zero-order valence-corrected chi connectivity index (χ0v) is 13.8. The third kappa shape index (κ3) is 3.42. The summed E-state index contributed by atoms with van der Waals surface area (Å²) in [5, 5.41) is 2.86. The van der Waals surface area contributed by atoms with Crippen LogP contribution in [0.25, 0.3) is 0 Å². The van der Waals surface area contributed by atoms with Crippen LogP contribution in [0.4, 0.5) is 5.69 Å². The standard InChI is InChI=1S/C17H20N4O4/c1-2-25-10-6-7-11-9(8-10)4-3-5-12(11)19-16(23)14-13(18)15(22)21-17(24)20-14/h6-8,12H,2-5,18H2,1H3,(H,19,23)(H2,20,21,22,24). The number of rotatable bonds is 4. The molecule has 1 aliphatic carbocycles. The number of benzene rings is 1. The molecule has 1 aromatic carbocycles. The molecule has 1 unspecified atom stereocenters. The monoisotopic (exact) mass is 344 g/mol. The lowest BCUT2D eigenvalue weighted by atomic mass is 9.87. The minimum absolute atomic E-state index is 0.214. The van der Waals surface area contributed by atoms with Crippen molar-refractivity contribution in [2.45, 2.75) is 32.2 Å². The first kappa shape index (κ1) is 16.8. The number of nitrogen functional groups attached to an aromatic ring is 1. The van der Waals surface area contributed by atoms with Crippen LogP contribution in [0.2, 0.25) is 0 Å². The Labute approximate surface area is 143 Å². The third-order valence-corrected chi connectivity index (χ3v) is 4.25. The minimum Gasteiger partial charge on any atom is -0.494 e. The molecule has 132 valence electrons. The quantitative estimate of drug-likeness (QED) is 0.653. The number of nitrogens with two attached hydrogens (primary N) is 1. The van der Waals surface area contributed by atoms with Crippen molar-refractivity contribution in [1.82, 2.24) is 15.3 Å². The van der Waals surface area contributed by atoms with Gasteiger partial charge in [0.25, 0.3) is 11.5 Å². The van der Waals surface area contributed by atoms with E-state index in [9.17, 15) is 14.4 Å². The molecule has 0 aliphatic heterocycles. The van der Waals surface area contributed by atoms with Crippen LogP contribution in [-0.4, -0.2) is 22.5 Å². The molecule has 0 spiro atoms. The van der Waals surface area contributed by atoms with Crippen molar-refractivity contribution in [3.8, 4) is 5.75 Å². The molecule has 8 heteroatoms. The molecule has 1 aromatic heterocycles. The Morgan fingerprint density at radius 2 is 2.16 bits per heavy atom. The van der Waals surface area contributed by atoms with Gasteiger partial charge in [-0.3, -0.25) is 14.6 Å². The van der Waals surface area contributed by atoms with Gasteiger partial charge in [0.2, 0.25) is 0 Å². The fourth-order valence-electron chi connectivity index (χ4n) is 3.10. The van der Waals surface area contributed by atoms with Gasteiger partial charge in [0.15, 0.2) is 0 Å². The molecule has 5 N–H and O–H groups in total. The summed E-state index contributed by atoms with van der Waals surface area (Å²) in [5.41, 5.74) is 5.67. The molecule has 8 nitrogen and oxygen atoms in total. The van der Waals surface area contributed by atoms with Crippen molar-refractivity contribution in [3.63, 3.8) is 0 Å². The number of anilines is 1. The van der Waals surface area contributed by atoms with Crippen LogP contribution < -0.4 is 27.0 Å². The fourth-order valence-corrected chi connectivity index (χ4v) is 3.10. The van der Waals surface area contributed by atoms with E-state index in [4.69, 9.17) is 10.5 Å². The van der Waals surface area contributed by atoms with Crippen molar-refractivity contribution in [1.29, 1.82) is 0 Å². The Balaban J connectivity index is 1.87. The molecule has 3 rings (SSSR count). The highest BCUT2D eigenvalue weighted by atomic mass is 16.5. The predicted octanol–water partition coefficient (Wildman–Crippen LogP) is 0.852. The van der Waals surface area contributed by atoms with E-state index in [1.54, 1.807) is 0 Å². The summed E-state index contributed by atoms with van der Waals surface area (Å²) >= 11 is 0. The van der Waals surface area contributed by atoms with Gasteiger partial charge in [0.05, 0.1) is 12.6 Å². The number of aryl methyl sites for hydroxylation is 1. The van der Waals surface area contributed by atoms with Crippen molar-refractivity contribution in [2.75, 3.05) is 12.3 Å². The van der Waals surface area contributed by atoms with Gasteiger partial charge in [-0.05, 0) is 49.4 Å².